The lowest BCUT2D eigenvalue weighted by Gasteiger charge is -2.16. The second-order valence-corrected chi connectivity index (χ2v) is 3.77. The van der Waals surface area contributed by atoms with Crippen molar-refractivity contribution in [1.82, 2.24) is 4.90 Å². The van der Waals surface area contributed by atoms with Crippen molar-refractivity contribution in [2.75, 3.05) is 32.6 Å². The Morgan fingerprint density at radius 1 is 1.24 bits per heavy atom. The Labute approximate surface area is 98.2 Å². The Morgan fingerprint density at radius 3 is 2.47 bits per heavy atom. The van der Waals surface area contributed by atoms with Crippen LogP contribution in [0.1, 0.15) is 0 Å². The highest BCUT2D eigenvalue weighted by Gasteiger charge is 2.28. The van der Waals surface area contributed by atoms with Crippen LogP contribution in [0.3, 0.4) is 0 Å². The van der Waals surface area contributed by atoms with Crippen LogP contribution in [-0.2, 0) is 0 Å². The summed E-state index contributed by atoms with van der Waals surface area (Å²) in [6, 6.07) is 5.99. The lowest BCUT2D eigenvalue weighted by molar-refractivity contribution is -0.100. The Kier molecular flexibility index (Phi) is 4.62. The van der Waals surface area contributed by atoms with Crippen molar-refractivity contribution in [1.29, 1.82) is 0 Å². The van der Waals surface area contributed by atoms with Crippen LogP contribution in [0.5, 0.6) is 5.75 Å². The summed E-state index contributed by atoms with van der Waals surface area (Å²) in [4.78, 5) is 1.89. The minimum absolute atomic E-state index is 0.0706. The molecular formula is C11H15F3N2O. The summed E-state index contributed by atoms with van der Waals surface area (Å²) in [5.74, 6) is 0.201. The summed E-state index contributed by atoms with van der Waals surface area (Å²) in [6.07, 6.45) is -4.46. The summed E-state index contributed by atoms with van der Waals surface area (Å²) in [6.45, 7) is 0.976. The minimum atomic E-state index is -4.46. The van der Waals surface area contributed by atoms with Gasteiger partial charge < -0.3 is 9.64 Å². The molecule has 0 saturated heterocycles. The van der Waals surface area contributed by atoms with Crippen LogP contribution >= 0.6 is 0 Å². The predicted molar refractivity (Wildman–Crippen MR) is 60.2 cm³/mol. The maximum absolute atomic E-state index is 12.2. The van der Waals surface area contributed by atoms with Gasteiger partial charge in [-0.1, -0.05) is 12.1 Å². The van der Waals surface area contributed by atoms with Gasteiger partial charge in [-0.3, -0.25) is 5.32 Å². The number of nitrogens with zero attached hydrogens (tertiary/aromatic N) is 1. The molecule has 1 aromatic carbocycles. The second-order valence-electron chi connectivity index (χ2n) is 3.77. The van der Waals surface area contributed by atoms with Gasteiger partial charge in [0.1, 0.15) is 12.4 Å². The highest BCUT2D eigenvalue weighted by atomic mass is 19.4. The largest absolute Gasteiger partial charge is 0.490 e. The number of ether oxygens (including phenoxy) is 1. The minimum Gasteiger partial charge on any atom is -0.490 e. The van der Waals surface area contributed by atoms with Crippen LogP contribution in [-0.4, -0.2) is 38.4 Å². The topological polar surface area (TPSA) is 24.5 Å². The standard InChI is InChI=1S/C11H15F3N2O/c1-16(2)7-8-17-10-6-4-3-5-9(10)15-11(12,13)14/h3-6,15H,7-8H2,1-2H3. The normalized spacial score (nSPS) is 11.6. The molecule has 0 bridgehead atoms. The van der Waals surface area contributed by atoms with E-state index in [0.717, 1.165) is 0 Å². The number of alkyl halides is 3. The Morgan fingerprint density at radius 2 is 1.88 bits per heavy atom. The molecule has 0 spiro atoms. The summed E-state index contributed by atoms with van der Waals surface area (Å²) < 4.78 is 41.9. The van der Waals surface area contributed by atoms with Crippen molar-refractivity contribution in [3.8, 4) is 5.75 Å². The van der Waals surface area contributed by atoms with Crippen molar-refractivity contribution < 1.29 is 17.9 Å². The fraction of sp³-hybridized carbons (Fsp3) is 0.455. The lowest BCUT2D eigenvalue weighted by Crippen LogP contribution is -2.22. The average Bonchev–Trinajstić information content (AvgIpc) is 2.17. The first-order valence-electron chi connectivity index (χ1n) is 5.10. The van der Waals surface area contributed by atoms with Crippen LogP contribution in [0.15, 0.2) is 24.3 Å². The number of para-hydroxylation sites is 2. The van der Waals surface area contributed by atoms with E-state index in [1.807, 2.05) is 19.0 Å². The molecule has 0 aliphatic carbocycles. The number of nitrogens with one attached hydrogen (secondary N) is 1. The van der Waals surface area contributed by atoms with Gasteiger partial charge in [-0.05, 0) is 26.2 Å². The summed E-state index contributed by atoms with van der Waals surface area (Å²) in [5.41, 5.74) is -0.0706. The first-order valence-corrected chi connectivity index (χ1v) is 5.10. The van der Waals surface area contributed by atoms with Crippen molar-refractivity contribution in [3.63, 3.8) is 0 Å². The van der Waals surface area contributed by atoms with E-state index in [4.69, 9.17) is 4.74 Å². The highest BCUT2D eigenvalue weighted by molar-refractivity contribution is 5.56. The maximum Gasteiger partial charge on any atom is 0.482 e. The van der Waals surface area contributed by atoms with E-state index in [1.165, 1.54) is 23.5 Å². The van der Waals surface area contributed by atoms with Crippen molar-refractivity contribution in [2.24, 2.45) is 0 Å². The third-order valence-corrected chi connectivity index (χ3v) is 1.96. The molecule has 6 heteroatoms. The zero-order valence-corrected chi connectivity index (χ0v) is 9.71. The third-order valence-electron chi connectivity index (χ3n) is 1.96. The number of halogens is 3. The molecule has 0 fully saturated rings. The molecule has 3 nitrogen and oxygen atoms in total. The van der Waals surface area contributed by atoms with Gasteiger partial charge in [-0.15, -0.1) is 0 Å². The lowest BCUT2D eigenvalue weighted by atomic mass is 10.3. The van der Waals surface area contributed by atoms with Crippen molar-refractivity contribution in [2.45, 2.75) is 6.30 Å². The number of benzene rings is 1. The Balaban J connectivity index is 2.64. The molecule has 1 N–H and O–H groups in total. The molecule has 96 valence electrons. The fourth-order valence-electron chi connectivity index (χ4n) is 1.19. The average molecular weight is 248 g/mol. The molecule has 0 amide bonds. The van der Waals surface area contributed by atoms with Gasteiger partial charge >= 0.3 is 6.30 Å². The van der Waals surface area contributed by atoms with E-state index in [-0.39, 0.29) is 11.4 Å². The third kappa shape index (κ3) is 5.44. The summed E-state index contributed by atoms with van der Waals surface area (Å²) >= 11 is 0. The van der Waals surface area contributed by atoms with Gasteiger partial charge in [0.25, 0.3) is 0 Å². The number of rotatable bonds is 5. The second kappa shape index (κ2) is 5.77. The number of hydrogen-bond donors (Lipinski definition) is 1. The Bertz CT molecular complexity index is 353. The molecule has 0 saturated carbocycles. The summed E-state index contributed by atoms with van der Waals surface area (Å²) in [5, 5.41) is 1.45. The molecule has 0 heterocycles. The van der Waals surface area contributed by atoms with Gasteiger partial charge in [0.2, 0.25) is 0 Å². The van der Waals surface area contributed by atoms with E-state index in [2.05, 4.69) is 0 Å². The first-order chi connectivity index (χ1) is 7.88. The molecule has 0 aliphatic rings. The van der Waals surface area contributed by atoms with Crippen LogP contribution < -0.4 is 10.1 Å². The molecule has 0 unspecified atom stereocenters. The molecular weight excluding hydrogens is 233 g/mol. The Hall–Kier alpha value is -1.43. The SMILES string of the molecule is CN(C)CCOc1ccccc1NC(F)(F)F. The maximum atomic E-state index is 12.2. The van der Waals surface area contributed by atoms with Crippen LogP contribution in [0.4, 0.5) is 18.9 Å². The first kappa shape index (κ1) is 13.6. The van der Waals surface area contributed by atoms with Crippen LogP contribution in [0, 0.1) is 0 Å². The highest BCUT2D eigenvalue weighted by Crippen LogP contribution is 2.28. The van der Waals surface area contributed by atoms with Gasteiger partial charge in [0.05, 0.1) is 5.69 Å². The quantitative estimate of drug-likeness (QED) is 0.810. The van der Waals surface area contributed by atoms with Crippen LogP contribution in [0.2, 0.25) is 0 Å². The molecule has 0 radical (unpaired) electrons. The zero-order chi connectivity index (χ0) is 12.9. The van der Waals surface area contributed by atoms with Crippen molar-refractivity contribution >= 4 is 5.69 Å². The number of hydrogen-bond acceptors (Lipinski definition) is 3. The molecule has 1 rings (SSSR count). The monoisotopic (exact) mass is 248 g/mol. The molecule has 0 atom stereocenters. The zero-order valence-electron chi connectivity index (χ0n) is 9.71. The van der Waals surface area contributed by atoms with Gasteiger partial charge in [-0.2, -0.15) is 13.2 Å². The number of likely N-dealkylation sites (N-methyl/N-ethyl adjacent to an activating group) is 1. The van der Waals surface area contributed by atoms with Crippen molar-refractivity contribution in [3.05, 3.63) is 24.3 Å². The van der Waals surface area contributed by atoms with Crippen LogP contribution in [0.25, 0.3) is 0 Å². The molecule has 1 aromatic rings. The van der Waals surface area contributed by atoms with Gasteiger partial charge in [0.15, 0.2) is 0 Å². The molecule has 0 aliphatic heterocycles. The smallest absolute Gasteiger partial charge is 0.482 e. The molecule has 0 aromatic heterocycles. The number of anilines is 1. The van der Waals surface area contributed by atoms with E-state index in [1.54, 1.807) is 6.07 Å². The van der Waals surface area contributed by atoms with E-state index in [9.17, 15) is 13.2 Å². The predicted octanol–water partition coefficient (Wildman–Crippen LogP) is 2.56. The van der Waals surface area contributed by atoms with Gasteiger partial charge in [0, 0.05) is 6.54 Å². The van der Waals surface area contributed by atoms with E-state index in [0.29, 0.717) is 13.2 Å². The fourth-order valence-corrected chi connectivity index (χ4v) is 1.19. The summed E-state index contributed by atoms with van der Waals surface area (Å²) in [7, 11) is 3.73. The van der Waals surface area contributed by atoms with E-state index < -0.39 is 6.30 Å². The molecule has 17 heavy (non-hydrogen) atoms. The van der Waals surface area contributed by atoms with Gasteiger partial charge in [-0.25, -0.2) is 0 Å². The van der Waals surface area contributed by atoms with E-state index >= 15 is 0 Å².